The fourth-order valence-electron chi connectivity index (χ4n) is 5.43. The predicted octanol–water partition coefficient (Wildman–Crippen LogP) is 15.3. The SMILES string of the molecule is CC/C=C\C/C=C\C/C=C\C/C=C\C/C=C\C/C=C\C/C=C\C/C=C\C/C=C\CCCC(=O)OC(CO)COC(=O)CCCCCC/C=C\C/C=C\C/C=C\C/C=C\CC. The van der Waals surface area contributed by atoms with Gasteiger partial charge in [-0.15, -0.1) is 0 Å². The molecule has 0 rings (SSSR count). The maximum Gasteiger partial charge on any atom is 0.306 e. The number of aliphatic hydroxyl groups excluding tert-OH is 1. The van der Waals surface area contributed by atoms with Crippen LogP contribution in [0, 0.1) is 0 Å². The summed E-state index contributed by atoms with van der Waals surface area (Å²) in [6.07, 6.45) is 76.1. The Hall–Kier alpha value is -4.48. The third-order valence-electron chi connectivity index (χ3n) is 8.82. The highest BCUT2D eigenvalue weighted by Crippen LogP contribution is 2.09. The summed E-state index contributed by atoms with van der Waals surface area (Å²) in [6.45, 7) is 3.81. The topological polar surface area (TPSA) is 72.8 Å². The number of ether oxygens (including phenoxy) is 2. The molecule has 1 N–H and O–H groups in total. The first-order chi connectivity index (χ1) is 29.6. The van der Waals surface area contributed by atoms with Gasteiger partial charge in [0.05, 0.1) is 6.61 Å². The van der Waals surface area contributed by atoms with Gasteiger partial charge in [0.25, 0.3) is 0 Å². The lowest BCUT2D eigenvalue weighted by Crippen LogP contribution is -2.28. The highest BCUT2D eigenvalue weighted by atomic mass is 16.6. The second-order valence-electron chi connectivity index (χ2n) is 14.4. The summed E-state index contributed by atoms with van der Waals surface area (Å²) < 4.78 is 10.6. The Morgan fingerprint density at radius 3 is 1.03 bits per heavy atom. The van der Waals surface area contributed by atoms with E-state index in [1.807, 2.05) is 0 Å². The molecule has 0 aliphatic rings. The summed E-state index contributed by atoms with van der Waals surface area (Å²) in [7, 11) is 0. The van der Waals surface area contributed by atoms with Crippen molar-refractivity contribution < 1.29 is 24.2 Å². The molecule has 1 unspecified atom stereocenters. The van der Waals surface area contributed by atoms with Gasteiger partial charge in [-0.3, -0.25) is 9.59 Å². The van der Waals surface area contributed by atoms with Crippen LogP contribution in [0.1, 0.15) is 155 Å². The van der Waals surface area contributed by atoms with E-state index < -0.39 is 6.10 Å². The highest BCUT2D eigenvalue weighted by molar-refractivity contribution is 5.70. The number of esters is 2. The standard InChI is InChI=1S/C55H82O5/c1-3-5-7-9-11-13-15-17-19-21-22-23-24-25-26-27-28-29-30-31-32-34-36-38-40-42-44-46-48-50-55(58)60-53(51-56)52-59-54(57)49-47-45-43-41-39-37-35-33-20-18-16-14-12-10-8-6-4-2/h5-8,11-14,17-20,22-23,25-26,28-29,31-32,35-38,42,44,53,56H,3-4,9-10,15-16,21,24,27,30,33-34,39-41,43,45-52H2,1-2H3/b7-5-,8-6-,13-11-,14-12-,19-17-,20-18-,23-22-,26-25-,29-28-,32-31-,37-35-,38-36-,44-42-. The van der Waals surface area contributed by atoms with Gasteiger partial charge >= 0.3 is 11.9 Å². The van der Waals surface area contributed by atoms with Crippen molar-refractivity contribution in [2.75, 3.05) is 13.2 Å². The van der Waals surface area contributed by atoms with Crippen LogP contribution in [0.3, 0.4) is 0 Å². The summed E-state index contributed by atoms with van der Waals surface area (Å²) in [4.78, 5) is 24.3. The van der Waals surface area contributed by atoms with Gasteiger partial charge in [0, 0.05) is 12.8 Å². The molecule has 5 heteroatoms. The molecule has 332 valence electrons. The van der Waals surface area contributed by atoms with E-state index in [4.69, 9.17) is 9.47 Å². The average molecular weight is 823 g/mol. The van der Waals surface area contributed by atoms with Gasteiger partial charge in [-0.2, -0.15) is 0 Å². The average Bonchev–Trinajstić information content (AvgIpc) is 3.25. The molecule has 0 heterocycles. The van der Waals surface area contributed by atoms with Gasteiger partial charge < -0.3 is 14.6 Å². The van der Waals surface area contributed by atoms with Crippen LogP contribution in [0.4, 0.5) is 0 Å². The van der Waals surface area contributed by atoms with Crippen molar-refractivity contribution in [3.63, 3.8) is 0 Å². The first kappa shape index (κ1) is 55.5. The minimum absolute atomic E-state index is 0.114. The molecule has 0 aromatic carbocycles. The van der Waals surface area contributed by atoms with Gasteiger partial charge in [-0.25, -0.2) is 0 Å². The fourth-order valence-corrected chi connectivity index (χ4v) is 5.43. The van der Waals surface area contributed by atoms with Gasteiger partial charge in [-0.05, 0) is 116 Å². The normalized spacial score (nSPS) is 13.7. The van der Waals surface area contributed by atoms with E-state index in [2.05, 4.69) is 172 Å². The van der Waals surface area contributed by atoms with Crippen molar-refractivity contribution in [3.05, 3.63) is 158 Å². The van der Waals surface area contributed by atoms with Crippen molar-refractivity contribution in [3.8, 4) is 0 Å². The van der Waals surface area contributed by atoms with Crippen molar-refractivity contribution in [1.82, 2.24) is 0 Å². The molecule has 0 aliphatic heterocycles. The monoisotopic (exact) mass is 823 g/mol. The number of carbonyl (C=O) groups is 2. The number of allylic oxidation sites excluding steroid dienone is 26. The molecule has 0 radical (unpaired) electrons. The third-order valence-corrected chi connectivity index (χ3v) is 8.82. The zero-order valence-electron chi connectivity index (χ0n) is 37.6. The Morgan fingerprint density at radius 2 is 0.683 bits per heavy atom. The maximum absolute atomic E-state index is 12.2. The highest BCUT2D eigenvalue weighted by Gasteiger charge is 2.15. The van der Waals surface area contributed by atoms with Crippen LogP contribution in [-0.2, 0) is 19.1 Å². The second kappa shape index (κ2) is 48.9. The lowest BCUT2D eigenvalue weighted by molar-refractivity contribution is -0.161. The van der Waals surface area contributed by atoms with Crippen LogP contribution in [-0.4, -0.2) is 36.4 Å². The Bertz CT molecular complexity index is 1390. The fraction of sp³-hybridized carbons (Fsp3) is 0.491. The number of unbranched alkanes of at least 4 members (excludes halogenated alkanes) is 5. The lowest BCUT2D eigenvalue weighted by Gasteiger charge is -2.15. The molecule has 0 saturated carbocycles. The molecule has 0 aliphatic carbocycles. The zero-order valence-corrected chi connectivity index (χ0v) is 37.6. The lowest BCUT2D eigenvalue weighted by atomic mass is 10.1. The molecule has 5 nitrogen and oxygen atoms in total. The predicted molar refractivity (Wildman–Crippen MR) is 260 cm³/mol. The molecule has 0 fully saturated rings. The number of hydrogen-bond donors (Lipinski definition) is 1. The van der Waals surface area contributed by atoms with E-state index in [1.54, 1.807) is 0 Å². The molecular weight excluding hydrogens is 741 g/mol. The van der Waals surface area contributed by atoms with Crippen molar-refractivity contribution in [1.29, 1.82) is 0 Å². The number of carbonyl (C=O) groups excluding carboxylic acids is 2. The third kappa shape index (κ3) is 46.2. The number of aliphatic hydroxyl groups is 1. The van der Waals surface area contributed by atoms with Crippen LogP contribution in [0.25, 0.3) is 0 Å². The van der Waals surface area contributed by atoms with Gasteiger partial charge in [-0.1, -0.05) is 185 Å². The van der Waals surface area contributed by atoms with Gasteiger partial charge in [0.1, 0.15) is 6.61 Å². The molecule has 60 heavy (non-hydrogen) atoms. The van der Waals surface area contributed by atoms with Gasteiger partial charge in [0.15, 0.2) is 6.10 Å². The number of rotatable bonds is 39. The Labute approximate surface area is 367 Å². The molecule has 0 bridgehead atoms. The molecular formula is C55H82O5. The van der Waals surface area contributed by atoms with E-state index in [9.17, 15) is 14.7 Å². The molecule has 0 saturated heterocycles. The van der Waals surface area contributed by atoms with Crippen molar-refractivity contribution in [2.45, 2.75) is 161 Å². The summed E-state index contributed by atoms with van der Waals surface area (Å²) in [5, 5.41) is 9.59. The van der Waals surface area contributed by atoms with Crippen LogP contribution >= 0.6 is 0 Å². The van der Waals surface area contributed by atoms with Crippen molar-refractivity contribution in [2.24, 2.45) is 0 Å². The van der Waals surface area contributed by atoms with E-state index >= 15 is 0 Å². The molecule has 0 aromatic heterocycles. The zero-order chi connectivity index (χ0) is 43.5. The molecule has 0 aromatic rings. The quantitative estimate of drug-likeness (QED) is 0.0380. The van der Waals surface area contributed by atoms with Crippen LogP contribution in [0.5, 0.6) is 0 Å². The van der Waals surface area contributed by atoms with Crippen LogP contribution < -0.4 is 0 Å². The van der Waals surface area contributed by atoms with Crippen LogP contribution in [0.2, 0.25) is 0 Å². The van der Waals surface area contributed by atoms with E-state index in [0.29, 0.717) is 12.8 Å². The van der Waals surface area contributed by atoms with Gasteiger partial charge in [0.2, 0.25) is 0 Å². The second-order valence-corrected chi connectivity index (χ2v) is 14.4. The minimum Gasteiger partial charge on any atom is -0.462 e. The van der Waals surface area contributed by atoms with E-state index in [0.717, 1.165) is 122 Å². The van der Waals surface area contributed by atoms with E-state index in [1.165, 1.54) is 0 Å². The number of hydrogen-bond acceptors (Lipinski definition) is 5. The minimum atomic E-state index is -0.826. The Balaban J connectivity index is 3.78. The molecule has 0 spiro atoms. The maximum atomic E-state index is 12.2. The van der Waals surface area contributed by atoms with Crippen LogP contribution in [0.15, 0.2) is 158 Å². The Kier molecular flexibility index (Phi) is 45.2. The summed E-state index contributed by atoms with van der Waals surface area (Å²) in [6, 6.07) is 0. The first-order valence-corrected chi connectivity index (χ1v) is 23.0. The first-order valence-electron chi connectivity index (χ1n) is 23.0. The van der Waals surface area contributed by atoms with E-state index in [-0.39, 0.29) is 31.6 Å². The largest absolute Gasteiger partial charge is 0.462 e. The van der Waals surface area contributed by atoms with Crippen molar-refractivity contribution >= 4 is 11.9 Å². The summed E-state index contributed by atoms with van der Waals surface area (Å²) in [5.74, 6) is -0.706. The Morgan fingerprint density at radius 1 is 0.383 bits per heavy atom. The molecule has 0 amide bonds. The summed E-state index contributed by atoms with van der Waals surface area (Å²) >= 11 is 0. The summed E-state index contributed by atoms with van der Waals surface area (Å²) in [5.41, 5.74) is 0. The smallest absolute Gasteiger partial charge is 0.306 e. The molecule has 1 atom stereocenters.